The zero-order valence-electron chi connectivity index (χ0n) is 12.4. The van der Waals surface area contributed by atoms with E-state index in [9.17, 15) is 4.79 Å². The average Bonchev–Trinajstić information content (AvgIpc) is 2.71. The third-order valence-electron chi connectivity index (χ3n) is 3.41. The molecule has 0 N–H and O–H groups in total. The number of carbonyl (C=O) groups is 1. The van der Waals surface area contributed by atoms with Crippen molar-refractivity contribution in [2.75, 3.05) is 7.11 Å². The molecule has 0 unspecified atom stereocenters. The average molecular weight is 293 g/mol. The second-order valence-electron chi connectivity index (χ2n) is 4.82. The molecule has 0 aliphatic carbocycles. The molecule has 110 valence electrons. The molecular formula is C18H15NO3. The Morgan fingerprint density at radius 1 is 1.05 bits per heavy atom. The standard InChI is InChI=1S/C18H15NO3/c1-12-16(18(20)21-2)14-10-6-7-11-15(14)19-17(22-12)13-8-4-3-5-9-13/h3-11H,1-2H3. The van der Waals surface area contributed by atoms with Crippen LogP contribution < -0.4 is 0 Å². The van der Waals surface area contributed by atoms with Crippen molar-refractivity contribution >= 4 is 23.1 Å². The van der Waals surface area contributed by atoms with Gasteiger partial charge in [0.2, 0.25) is 5.90 Å². The minimum atomic E-state index is -0.436. The van der Waals surface area contributed by atoms with Crippen molar-refractivity contribution < 1.29 is 14.3 Å². The van der Waals surface area contributed by atoms with Crippen LogP contribution in [0.15, 0.2) is 65.3 Å². The fraction of sp³-hybridized carbons (Fsp3) is 0.111. The number of para-hydroxylation sites is 1. The van der Waals surface area contributed by atoms with E-state index in [1.165, 1.54) is 7.11 Å². The molecule has 2 aromatic carbocycles. The molecule has 0 atom stereocenters. The Morgan fingerprint density at radius 3 is 2.45 bits per heavy atom. The molecule has 4 nitrogen and oxygen atoms in total. The summed E-state index contributed by atoms with van der Waals surface area (Å²) in [6, 6.07) is 17.0. The molecule has 0 radical (unpaired) electrons. The molecule has 0 aromatic heterocycles. The Hall–Kier alpha value is -2.88. The van der Waals surface area contributed by atoms with E-state index < -0.39 is 5.97 Å². The Balaban J connectivity index is 2.20. The van der Waals surface area contributed by atoms with E-state index in [1.54, 1.807) is 6.92 Å². The predicted octanol–water partition coefficient (Wildman–Crippen LogP) is 3.70. The van der Waals surface area contributed by atoms with Crippen molar-refractivity contribution in [2.45, 2.75) is 6.92 Å². The Bertz CT molecular complexity index is 776. The molecule has 22 heavy (non-hydrogen) atoms. The van der Waals surface area contributed by atoms with Crippen LogP contribution in [-0.4, -0.2) is 19.0 Å². The van der Waals surface area contributed by atoms with Gasteiger partial charge in [-0.15, -0.1) is 0 Å². The van der Waals surface area contributed by atoms with E-state index in [1.807, 2.05) is 54.6 Å². The summed E-state index contributed by atoms with van der Waals surface area (Å²) >= 11 is 0. The second-order valence-corrected chi connectivity index (χ2v) is 4.82. The zero-order valence-corrected chi connectivity index (χ0v) is 12.4. The van der Waals surface area contributed by atoms with E-state index >= 15 is 0 Å². The lowest BCUT2D eigenvalue weighted by atomic mass is 10.0. The number of benzene rings is 2. The van der Waals surface area contributed by atoms with Gasteiger partial charge in [0.05, 0.1) is 12.8 Å². The number of esters is 1. The number of ether oxygens (including phenoxy) is 2. The first kappa shape index (κ1) is 14.1. The van der Waals surface area contributed by atoms with Crippen LogP contribution >= 0.6 is 0 Å². The highest BCUT2D eigenvalue weighted by Crippen LogP contribution is 2.33. The molecule has 3 rings (SSSR count). The van der Waals surface area contributed by atoms with E-state index in [4.69, 9.17) is 9.47 Å². The maximum atomic E-state index is 12.1. The predicted molar refractivity (Wildman–Crippen MR) is 84.8 cm³/mol. The fourth-order valence-electron chi connectivity index (χ4n) is 2.36. The number of hydrogen-bond donors (Lipinski definition) is 0. The quantitative estimate of drug-likeness (QED) is 0.793. The summed E-state index contributed by atoms with van der Waals surface area (Å²) in [5.74, 6) is 0.498. The molecule has 1 aliphatic heterocycles. The first-order valence-corrected chi connectivity index (χ1v) is 6.91. The smallest absolute Gasteiger partial charge is 0.341 e. The van der Waals surface area contributed by atoms with Gasteiger partial charge in [-0.2, -0.15) is 0 Å². The van der Waals surface area contributed by atoms with Crippen LogP contribution in [0.5, 0.6) is 0 Å². The van der Waals surface area contributed by atoms with Gasteiger partial charge in [-0.1, -0.05) is 36.4 Å². The van der Waals surface area contributed by atoms with Crippen molar-refractivity contribution in [2.24, 2.45) is 4.99 Å². The highest BCUT2D eigenvalue weighted by Gasteiger charge is 2.24. The summed E-state index contributed by atoms with van der Waals surface area (Å²) in [5, 5.41) is 0. The van der Waals surface area contributed by atoms with Crippen molar-refractivity contribution in [1.82, 2.24) is 0 Å². The summed E-state index contributed by atoms with van der Waals surface area (Å²) in [6.07, 6.45) is 0. The number of nitrogens with zero attached hydrogens (tertiary/aromatic N) is 1. The number of allylic oxidation sites excluding steroid dienone is 1. The first-order chi connectivity index (χ1) is 10.7. The number of rotatable bonds is 2. The number of fused-ring (bicyclic) bond motifs is 1. The molecule has 0 spiro atoms. The molecular weight excluding hydrogens is 278 g/mol. The van der Waals surface area contributed by atoms with Gasteiger partial charge in [-0.05, 0) is 25.1 Å². The van der Waals surface area contributed by atoms with Gasteiger partial charge in [-0.3, -0.25) is 0 Å². The van der Waals surface area contributed by atoms with Crippen LogP contribution in [0.4, 0.5) is 5.69 Å². The van der Waals surface area contributed by atoms with E-state index in [0.29, 0.717) is 28.5 Å². The number of aliphatic imine (C=N–C) groups is 1. The van der Waals surface area contributed by atoms with Crippen molar-refractivity contribution in [1.29, 1.82) is 0 Å². The zero-order chi connectivity index (χ0) is 15.5. The summed E-state index contributed by atoms with van der Waals surface area (Å²) < 4.78 is 10.7. The Kier molecular flexibility index (Phi) is 3.74. The van der Waals surface area contributed by atoms with E-state index in [0.717, 1.165) is 5.56 Å². The van der Waals surface area contributed by atoms with Crippen molar-refractivity contribution in [3.63, 3.8) is 0 Å². The Morgan fingerprint density at radius 2 is 1.73 bits per heavy atom. The summed E-state index contributed by atoms with van der Waals surface area (Å²) in [6.45, 7) is 1.74. The maximum absolute atomic E-state index is 12.1. The molecule has 0 bridgehead atoms. The lowest BCUT2D eigenvalue weighted by Crippen LogP contribution is -2.09. The van der Waals surface area contributed by atoms with Gasteiger partial charge in [0.15, 0.2) is 0 Å². The minimum Gasteiger partial charge on any atom is -0.465 e. The second kappa shape index (κ2) is 5.85. The summed E-state index contributed by atoms with van der Waals surface area (Å²) in [7, 11) is 1.36. The highest BCUT2D eigenvalue weighted by molar-refractivity contribution is 6.19. The molecule has 0 saturated carbocycles. The van der Waals surface area contributed by atoms with Gasteiger partial charge in [0.25, 0.3) is 0 Å². The number of methoxy groups -OCH3 is 1. The number of carbonyl (C=O) groups excluding carboxylic acids is 1. The fourth-order valence-corrected chi connectivity index (χ4v) is 2.36. The normalized spacial score (nSPS) is 13.6. The van der Waals surface area contributed by atoms with Crippen LogP contribution in [-0.2, 0) is 14.3 Å². The molecule has 1 aliphatic rings. The minimum absolute atomic E-state index is 0.396. The SMILES string of the molecule is COC(=O)C1=C(C)OC(c2ccccc2)=Nc2ccccc21. The third-order valence-corrected chi connectivity index (χ3v) is 3.41. The maximum Gasteiger partial charge on any atom is 0.341 e. The topological polar surface area (TPSA) is 47.9 Å². The van der Waals surface area contributed by atoms with Gasteiger partial charge in [-0.25, -0.2) is 9.79 Å². The van der Waals surface area contributed by atoms with Crippen molar-refractivity contribution in [3.8, 4) is 0 Å². The lowest BCUT2D eigenvalue weighted by Gasteiger charge is -2.10. The van der Waals surface area contributed by atoms with Gasteiger partial charge in [0, 0.05) is 11.1 Å². The molecule has 2 aromatic rings. The van der Waals surface area contributed by atoms with E-state index in [-0.39, 0.29) is 0 Å². The summed E-state index contributed by atoms with van der Waals surface area (Å²) in [4.78, 5) is 16.7. The summed E-state index contributed by atoms with van der Waals surface area (Å²) in [5.41, 5.74) is 2.63. The van der Waals surface area contributed by atoms with E-state index in [2.05, 4.69) is 4.99 Å². The largest absolute Gasteiger partial charge is 0.465 e. The van der Waals surface area contributed by atoms with Gasteiger partial charge >= 0.3 is 5.97 Å². The van der Waals surface area contributed by atoms with Gasteiger partial charge in [0.1, 0.15) is 11.3 Å². The monoisotopic (exact) mass is 293 g/mol. The van der Waals surface area contributed by atoms with Crippen LogP contribution in [0.25, 0.3) is 5.57 Å². The molecule has 0 saturated heterocycles. The van der Waals surface area contributed by atoms with Crippen LogP contribution in [0.3, 0.4) is 0 Å². The third kappa shape index (κ3) is 2.51. The van der Waals surface area contributed by atoms with Crippen LogP contribution in [0.1, 0.15) is 18.1 Å². The number of hydrogen-bond acceptors (Lipinski definition) is 4. The Labute approximate surface area is 128 Å². The lowest BCUT2D eigenvalue weighted by molar-refractivity contribution is -0.133. The molecule has 1 heterocycles. The molecule has 0 amide bonds. The van der Waals surface area contributed by atoms with Crippen LogP contribution in [0.2, 0.25) is 0 Å². The van der Waals surface area contributed by atoms with Gasteiger partial charge < -0.3 is 9.47 Å². The molecule has 4 heteroatoms. The molecule has 0 fully saturated rings. The van der Waals surface area contributed by atoms with Crippen LogP contribution in [0, 0.1) is 0 Å². The highest BCUT2D eigenvalue weighted by atomic mass is 16.5. The van der Waals surface area contributed by atoms with Crippen molar-refractivity contribution in [3.05, 3.63) is 71.5 Å². The first-order valence-electron chi connectivity index (χ1n) is 6.91.